The van der Waals surface area contributed by atoms with Gasteiger partial charge in [-0.25, -0.2) is 4.98 Å². The lowest BCUT2D eigenvalue weighted by Crippen LogP contribution is -2.48. The smallest absolute Gasteiger partial charge is 0.254 e. The first-order chi connectivity index (χ1) is 33.2. The predicted molar refractivity (Wildman–Crippen MR) is 265 cm³/mol. The number of aliphatic imine (C=N–C) groups is 1. The van der Waals surface area contributed by atoms with Gasteiger partial charge in [0.05, 0.1) is 27.9 Å². The van der Waals surface area contributed by atoms with E-state index in [-0.39, 0.29) is 67.5 Å². The molecule has 9 rings (SSSR count). The fraction of sp³-hybridized carbons (Fsp3) is 0.440. The zero-order valence-electron chi connectivity index (χ0n) is 39.6. The average molecular weight is 994 g/mol. The Bertz CT molecular complexity index is 2850. The second-order valence-electron chi connectivity index (χ2n) is 18.5. The van der Waals surface area contributed by atoms with Crippen LogP contribution in [0.25, 0.3) is 15.4 Å². The normalized spacial score (nSPS) is 19.6. The van der Waals surface area contributed by atoms with Gasteiger partial charge >= 0.3 is 0 Å². The van der Waals surface area contributed by atoms with Crippen molar-refractivity contribution in [1.82, 2.24) is 45.3 Å². The molecular formula is C50H57ClN10O6S2. The Hall–Kier alpha value is -5.79. The average Bonchev–Trinajstić information content (AvgIpc) is 4.21. The Kier molecular flexibility index (Phi) is 14.4. The van der Waals surface area contributed by atoms with Gasteiger partial charge in [0.2, 0.25) is 17.7 Å². The molecule has 2 fully saturated rings. The zero-order chi connectivity index (χ0) is 48.5. The molecule has 2 aromatic carbocycles. The number of fused-ring (bicyclic) bond motifs is 3. The highest BCUT2D eigenvalue weighted by Gasteiger charge is 2.43. The van der Waals surface area contributed by atoms with E-state index >= 15 is 0 Å². The molecule has 0 aliphatic carbocycles. The number of aryl methyl sites for hydroxylation is 3. The summed E-state index contributed by atoms with van der Waals surface area (Å²) >= 11 is 9.56. The van der Waals surface area contributed by atoms with Crippen molar-refractivity contribution in [2.45, 2.75) is 104 Å². The molecule has 1 unspecified atom stereocenters. The minimum atomic E-state index is -0.833. The molecule has 3 N–H and O–H groups in total. The summed E-state index contributed by atoms with van der Waals surface area (Å²) in [6.45, 7) is 14.7. The van der Waals surface area contributed by atoms with E-state index in [9.17, 15) is 19.5 Å². The third-order valence-electron chi connectivity index (χ3n) is 13.3. The number of rotatable bonds is 16. The van der Waals surface area contributed by atoms with E-state index < -0.39 is 18.1 Å². The van der Waals surface area contributed by atoms with Gasteiger partial charge in [0.25, 0.3) is 5.88 Å². The molecule has 362 valence electrons. The number of aliphatic hydroxyl groups excluding tert-OH is 1. The SMILES string of the molecule is Cc1ncsc1-c1ccc(CNC(=O)[C@@H]2C[C@@H](O)CN2C(=O)C(c2cc(OCCN3CC[C@@H](NC(=O)CC[C@@H]4N=C(c5ccc(Cl)cc5)c5c(sc(C)c5C)-n5c(C)nnc54)C3)no2)C(C)C)cc1. The van der Waals surface area contributed by atoms with E-state index in [0.717, 1.165) is 73.7 Å². The van der Waals surface area contributed by atoms with Crippen LogP contribution in [0.5, 0.6) is 5.88 Å². The summed E-state index contributed by atoms with van der Waals surface area (Å²) in [5.74, 6) is 0.458. The summed E-state index contributed by atoms with van der Waals surface area (Å²) < 4.78 is 13.8. The van der Waals surface area contributed by atoms with E-state index in [2.05, 4.69) is 54.3 Å². The molecule has 19 heteroatoms. The van der Waals surface area contributed by atoms with Crippen molar-refractivity contribution in [1.29, 1.82) is 0 Å². The second-order valence-corrected chi connectivity index (χ2v) is 21.0. The van der Waals surface area contributed by atoms with Crippen molar-refractivity contribution < 1.29 is 28.8 Å². The highest BCUT2D eigenvalue weighted by atomic mass is 35.5. The molecule has 0 radical (unpaired) electrons. The standard InChI is InChI=1S/C50H57ClN10O6S2/c1-27(2)43(49(65)60-25-37(62)21-39(60)48(64)52-23-32-7-9-34(10-8-32)46-29(4)53-26-68-46)40-22-42(58-67-40)66-20-19-59-18-17-36(24-59)54-41(63)16-15-38-47-57-56-31(6)61(47)50-44(28(3)30(5)69-50)45(55-38)33-11-13-35(51)14-12-33/h7-14,22,26-27,36-39,43,62H,15-21,23-25H2,1-6H3,(H,52,64)(H,54,63)/t36-,37-,38+,39+,43?/m1/s1. The molecule has 3 amide bonds. The monoisotopic (exact) mass is 992 g/mol. The highest BCUT2D eigenvalue weighted by molar-refractivity contribution is 7.15. The van der Waals surface area contributed by atoms with Gasteiger partial charge in [-0.05, 0) is 80.4 Å². The van der Waals surface area contributed by atoms with Gasteiger partial charge in [0, 0.05) is 78.7 Å². The minimum Gasteiger partial charge on any atom is -0.474 e. The van der Waals surface area contributed by atoms with Crippen molar-refractivity contribution in [3.05, 3.63) is 115 Å². The number of nitrogens with one attached hydrogen (secondary N) is 2. The van der Waals surface area contributed by atoms with E-state index in [1.54, 1.807) is 28.7 Å². The maximum absolute atomic E-state index is 14.2. The fourth-order valence-electron chi connectivity index (χ4n) is 9.56. The van der Waals surface area contributed by atoms with Crippen LogP contribution in [0.1, 0.15) is 102 Å². The van der Waals surface area contributed by atoms with Gasteiger partial charge in [-0.15, -0.1) is 32.9 Å². The number of hydrogen-bond donors (Lipinski definition) is 3. The maximum atomic E-state index is 14.2. The summed E-state index contributed by atoms with van der Waals surface area (Å²) in [5.41, 5.74) is 8.80. The van der Waals surface area contributed by atoms with Crippen LogP contribution in [0.2, 0.25) is 5.02 Å². The number of amides is 3. The van der Waals surface area contributed by atoms with Crippen molar-refractivity contribution in [2.75, 3.05) is 32.8 Å². The molecular weight excluding hydrogens is 936 g/mol. The van der Waals surface area contributed by atoms with Gasteiger partial charge in [-0.3, -0.25) is 28.8 Å². The molecule has 3 aliphatic rings. The molecule has 4 aromatic heterocycles. The number of aliphatic hydroxyl groups is 1. The Balaban J connectivity index is 0.757. The summed E-state index contributed by atoms with van der Waals surface area (Å²) in [4.78, 5) is 56.8. The Morgan fingerprint density at radius 1 is 1.01 bits per heavy atom. The van der Waals surface area contributed by atoms with Crippen molar-refractivity contribution in [3.63, 3.8) is 0 Å². The number of carbonyl (C=O) groups excluding carboxylic acids is 3. The molecule has 3 aliphatic heterocycles. The van der Waals surface area contributed by atoms with E-state index in [1.807, 2.05) is 81.7 Å². The van der Waals surface area contributed by atoms with Crippen molar-refractivity contribution in [2.24, 2.45) is 10.9 Å². The minimum absolute atomic E-state index is 0.0137. The predicted octanol–water partition coefficient (Wildman–Crippen LogP) is 7.29. The zero-order valence-corrected chi connectivity index (χ0v) is 42.0. The van der Waals surface area contributed by atoms with Gasteiger partial charge in [-0.1, -0.05) is 61.8 Å². The summed E-state index contributed by atoms with van der Waals surface area (Å²) in [7, 11) is 0. The molecule has 69 heavy (non-hydrogen) atoms. The third kappa shape index (κ3) is 10.4. The van der Waals surface area contributed by atoms with Crippen LogP contribution in [0.15, 0.2) is 69.6 Å². The van der Waals surface area contributed by atoms with Gasteiger partial charge in [0.15, 0.2) is 11.6 Å². The van der Waals surface area contributed by atoms with Gasteiger partial charge < -0.3 is 29.9 Å². The van der Waals surface area contributed by atoms with E-state index in [4.69, 9.17) is 25.9 Å². The molecule has 7 heterocycles. The number of halogens is 1. The molecule has 16 nitrogen and oxygen atoms in total. The van der Waals surface area contributed by atoms with Crippen LogP contribution in [0.3, 0.4) is 0 Å². The molecule has 2 saturated heterocycles. The molecule has 6 aromatic rings. The number of benzene rings is 2. The van der Waals surface area contributed by atoms with Crippen LogP contribution in [0, 0.1) is 33.6 Å². The molecule has 5 atom stereocenters. The number of hydrogen-bond acceptors (Lipinski definition) is 14. The maximum Gasteiger partial charge on any atom is 0.254 e. The largest absolute Gasteiger partial charge is 0.474 e. The van der Waals surface area contributed by atoms with Crippen LogP contribution in [-0.4, -0.2) is 114 Å². The molecule has 0 saturated carbocycles. The topological polar surface area (TPSA) is 193 Å². The highest BCUT2D eigenvalue weighted by Crippen LogP contribution is 2.40. The van der Waals surface area contributed by atoms with Crippen LogP contribution in [0.4, 0.5) is 0 Å². The van der Waals surface area contributed by atoms with E-state index in [1.165, 1.54) is 9.78 Å². The van der Waals surface area contributed by atoms with Gasteiger partial charge in [-0.2, -0.15) is 0 Å². The van der Waals surface area contributed by atoms with Crippen LogP contribution < -0.4 is 15.4 Å². The first kappa shape index (κ1) is 48.2. The summed E-state index contributed by atoms with van der Waals surface area (Å²) in [6, 6.07) is 16.1. The first-order valence-corrected chi connectivity index (χ1v) is 25.5. The van der Waals surface area contributed by atoms with Crippen molar-refractivity contribution in [3.8, 4) is 21.3 Å². The fourth-order valence-corrected chi connectivity index (χ4v) is 11.7. The summed E-state index contributed by atoms with van der Waals surface area (Å²) in [5, 5.41) is 31.7. The number of likely N-dealkylation sites (tertiary alicyclic amines) is 2. The lowest BCUT2D eigenvalue weighted by atomic mass is 9.91. The number of carbonyl (C=O) groups is 3. The van der Waals surface area contributed by atoms with E-state index in [0.29, 0.717) is 36.9 Å². The quantitative estimate of drug-likeness (QED) is 0.0882. The van der Waals surface area contributed by atoms with Crippen LogP contribution >= 0.6 is 34.3 Å². The number of thiophene rings is 1. The number of ether oxygens (including phenoxy) is 1. The molecule has 0 bridgehead atoms. The third-order valence-corrected chi connectivity index (χ3v) is 15.8. The van der Waals surface area contributed by atoms with Crippen molar-refractivity contribution >= 4 is 57.7 Å². The Morgan fingerprint density at radius 2 is 1.78 bits per heavy atom. The van der Waals surface area contributed by atoms with Crippen LogP contribution in [-0.2, 0) is 20.9 Å². The summed E-state index contributed by atoms with van der Waals surface area (Å²) in [6.07, 6.45) is 0.838. The number of nitrogens with zero attached hydrogens (tertiary/aromatic N) is 8. The molecule has 0 spiro atoms. The number of aromatic nitrogens is 5. The first-order valence-electron chi connectivity index (χ1n) is 23.5. The Morgan fingerprint density at radius 3 is 2.52 bits per heavy atom. The number of β-amino-alcohol motifs (C(OH)–C–C–N with tert-alkyl or cyclic N) is 1. The Labute approximate surface area is 414 Å². The second kappa shape index (κ2) is 20.7. The number of thiazole rings is 1. The lowest BCUT2D eigenvalue weighted by Gasteiger charge is -2.28. The lowest BCUT2D eigenvalue weighted by molar-refractivity contribution is -0.141. The van der Waals surface area contributed by atoms with Gasteiger partial charge in [0.1, 0.15) is 35.4 Å².